The van der Waals surface area contributed by atoms with Crippen LogP contribution in [0.5, 0.6) is 0 Å². The Bertz CT molecular complexity index is 425. The Kier molecular flexibility index (Phi) is 6.07. The van der Waals surface area contributed by atoms with Gasteiger partial charge in [0.2, 0.25) is 5.91 Å². The number of benzene rings is 1. The molecule has 0 aliphatic heterocycles. The highest BCUT2D eigenvalue weighted by Gasteiger charge is 2.33. The fourth-order valence-electron chi connectivity index (χ4n) is 1.79. The predicted molar refractivity (Wildman–Crippen MR) is 87.6 cm³/mol. The molecule has 0 unspecified atom stereocenters. The van der Waals surface area contributed by atoms with Crippen molar-refractivity contribution >= 4 is 50.1 Å². The average Bonchev–Trinajstić information content (AvgIpc) is 2.37. The van der Waals surface area contributed by atoms with Crippen LogP contribution in [0.4, 0.5) is 5.69 Å². The molecule has 1 rings (SSSR count). The van der Waals surface area contributed by atoms with E-state index in [2.05, 4.69) is 43.8 Å². The number of rotatable bonds is 5. The van der Waals surface area contributed by atoms with E-state index in [4.69, 9.17) is 5.73 Å². The summed E-state index contributed by atoms with van der Waals surface area (Å²) < 4.78 is 2.09. The molecule has 5 heteroatoms. The monoisotopic (exact) mass is 424 g/mol. The maximum atomic E-state index is 12.3. The second kappa shape index (κ2) is 6.86. The molecule has 1 aromatic carbocycles. The zero-order valence-corrected chi connectivity index (χ0v) is 14.3. The van der Waals surface area contributed by atoms with Gasteiger partial charge in [0.1, 0.15) is 0 Å². The quantitative estimate of drug-likeness (QED) is 0.707. The zero-order valence-electron chi connectivity index (χ0n) is 10.6. The van der Waals surface area contributed by atoms with Crippen molar-refractivity contribution in [2.75, 3.05) is 11.9 Å². The molecule has 0 aliphatic carbocycles. The van der Waals surface area contributed by atoms with Gasteiger partial charge < -0.3 is 11.1 Å². The minimum absolute atomic E-state index is 0.00288. The summed E-state index contributed by atoms with van der Waals surface area (Å²) >= 11 is 5.69. The van der Waals surface area contributed by atoms with E-state index in [0.717, 1.165) is 26.6 Å². The Morgan fingerprint density at radius 2 is 2.06 bits per heavy atom. The number of nitrogens with two attached hydrogens (primary N) is 1. The maximum Gasteiger partial charge on any atom is 0.231 e. The lowest BCUT2D eigenvalue weighted by Crippen LogP contribution is -2.41. The second-order valence-corrected chi connectivity index (χ2v) is 6.29. The van der Waals surface area contributed by atoms with E-state index in [1.54, 1.807) is 0 Å². The standard InChI is InChI=1S/C13H18BrIN2O/c1-3-13(4-2,8-16)12(18)17-9-5-6-11(15)10(14)7-9/h5-7H,3-4,8,16H2,1-2H3,(H,17,18). The molecular weight excluding hydrogens is 407 g/mol. The van der Waals surface area contributed by atoms with Crippen molar-refractivity contribution in [2.45, 2.75) is 26.7 Å². The molecule has 0 saturated heterocycles. The highest BCUT2D eigenvalue weighted by Crippen LogP contribution is 2.28. The highest BCUT2D eigenvalue weighted by molar-refractivity contribution is 14.1. The molecule has 0 radical (unpaired) electrons. The maximum absolute atomic E-state index is 12.3. The summed E-state index contributed by atoms with van der Waals surface area (Å²) in [6.07, 6.45) is 1.49. The molecule has 0 saturated carbocycles. The Morgan fingerprint density at radius 1 is 1.44 bits per heavy atom. The predicted octanol–water partition coefficient (Wildman–Crippen LogP) is 3.76. The zero-order chi connectivity index (χ0) is 13.8. The van der Waals surface area contributed by atoms with Gasteiger partial charge in [0.25, 0.3) is 0 Å². The molecule has 1 aromatic rings. The first-order valence-electron chi connectivity index (χ1n) is 5.95. The number of carbonyl (C=O) groups excluding carboxylic acids is 1. The number of halogens is 2. The Morgan fingerprint density at radius 3 is 2.50 bits per heavy atom. The van der Waals surface area contributed by atoms with E-state index < -0.39 is 5.41 Å². The van der Waals surface area contributed by atoms with Crippen LogP contribution in [0.2, 0.25) is 0 Å². The van der Waals surface area contributed by atoms with Gasteiger partial charge in [-0.25, -0.2) is 0 Å². The van der Waals surface area contributed by atoms with Crippen LogP contribution in [0.1, 0.15) is 26.7 Å². The van der Waals surface area contributed by atoms with Crippen molar-refractivity contribution in [3.05, 3.63) is 26.2 Å². The van der Waals surface area contributed by atoms with Crippen LogP contribution in [0.3, 0.4) is 0 Å². The number of nitrogens with one attached hydrogen (secondary N) is 1. The first-order valence-corrected chi connectivity index (χ1v) is 7.82. The molecule has 0 heterocycles. The number of anilines is 1. The summed E-state index contributed by atoms with van der Waals surface area (Å²) in [4.78, 5) is 12.3. The summed E-state index contributed by atoms with van der Waals surface area (Å²) in [5.74, 6) is 0.00288. The highest BCUT2D eigenvalue weighted by atomic mass is 127. The van der Waals surface area contributed by atoms with Crippen LogP contribution in [0.25, 0.3) is 0 Å². The van der Waals surface area contributed by atoms with Crippen molar-refractivity contribution in [1.82, 2.24) is 0 Å². The lowest BCUT2D eigenvalue weighted by Gasteiger charge is -2.28. The summed E-state index contributed by atoms with van der Waals surface area (Å²) in [6.45, 7) is 4.37. The molecule has 1 amide bonds. The van der Waals surface area contributed by atoms with E-state index in [0.29, 0.717) is 6.54 Å². The van der Waals surface area contributed by atoms with Crippen LogP contribution in [0.15, 0.2) is 22.7 Å². The van der Waals surface area contributed by atoms with Crippen molar-refractivity contribution in [2.24, 2.45) is 11.1 Å². The van der Waals surface area contributed by atoms with Gasteiger partial charge in [-0.1, -0.05) is 13.8 Å². The van der Waals surface area contributed by atoms with Crippen molar-refractivity contribution < 1.29 is 4.79 Å². The van der Waals surface area contributed by atoms with E-state index in [-0.39, 0.29) is 5.91 Å². The van der Waals surface area contributed by atoms with Gasteiger partial charge in [0.05, 0.1) is 5.41 Å². The van der Waals surface area contributed by atoms with Crippen LogP contribution < -0.4 is 11.1 Å². The minimum atomic E-state index is -0.463. The molecule has 0 spiro atoms. The van der Waals surface area contributed by atoms with Crippen LogP contribution in [0, 0.1) is 8.99 Å². The van der Waals surface area contributed by atoms with Gasteiger partial charge in [-0.05, 0) is 69.6 Å². The van der Waals surface area contributed by atoms with Gasteiger partial charge in [0, 0.05) is 20.3 Å². The van der Waals surface area contributed by atoms with Crippen molar-refractivity contribution in [3.63, 3.8) is 0 Å². The van der Waals surface area contributed by atoms with Crippen LogP contribution >= 0.6 is 38.5 Å². The molecule has 18 heavy (non-hydrogen) atoms. The fourth-order valence-corrected chi connectivity index (χ4v) is 2.50. The summed E-state index contributed by atoms with van der Waals surface area (Å²) in [7, 11) is 0. The molecular formula is C13H18BrIN2O. The smallest absolute Gasteiger partial charge is 0.231 e. The third kappa shape index (κ3) is 3.45. The summed E-state index contributed by atoms with van der Waals surface area (Å²) in [6, 6.07) is 5.77. The molecule has 0 bridgehead atoms. The number of amides is 1. The SMILES string of the molecule is CCC(CC)(CN)C(=O)Nc1ccc(I)c(Br)c1. The topological polar surface area (TPSA) is 55.1 Å². The number of hydrogen-bond donors (Lipinski definition) is 2. The summed E-state index contributed by atoms with van der Waals surface area (Å²) in [5.41, 5.74) is 6.10. The van der Waals surface area contributed by atoms with Gasteiger partial charge in [-0.3, -0.25) is 4.79 Å². The van der Waals surface area contributed by atoms with E-state index in [9.17, 15) is 4.79 Å². The molecule has 0 aromatic heterocycles. The normalized spacial score (nSPS) is 11.4. The lowest BCUT2D eigenvalue weighted by atomic mass is 9.81. The summed E-state index contributed by atoms with van der Waals surface area (Å²) in [5, 5.41) is 2.95. The minimum Gasteiger partial charge on any atom is -0.329 e. The Labute approximate surface area is 130 Å². The lowest BCUT2D eigenvalue weighted by molar-refractivity contribution is -0.125. The fraction of sp³-hybridized carbons (Fsp3) is 0.462. The van der Waals surface area contributed by atoms with Gasteiger partial charge in [-0.15, -0.1) is 0 Å². The first-order chi connectivity index (χ1) is 8.49. The Hall–Kier alpha value is -0.140. The van der Waals surface area contributed by atoms with E-state index >= 15 is 0 Å². The van der Waals surface area contributed by atoms with Gasteiger partial charge in [0.15, 0.2) is 0 Å². The molecule has 100 valence electrons. The van der Waals surface area contributed by atoms with E-state index in [1.807, 2.05) is 32.0 Å². The molecule has 0 fully saturated rings. The molecule has 0 aliphatic rings. The van der Waals surface area contributed by atoms with Crippen molar-refractivity contribution in [3.8, 4) is 0 Å². The molecule has 0 atom stereocenters. The second-order valence-electron chi connectivity index (χ2n) is 4.27. The van der Waals surface area contributed by atoms with Gasteiger partial charge in [-0.2, -0.15) is 0 Å². The number of carbonyl (C=O) groups is 1. The largest absolute Gasteiger partial charge is 0.329 e. The average molecular weight is 425 g/mol. The third-order valence-electron chi connectivity index (χ3n) is 3.40. The van der Waals surface area contributed by atoms with E-state index in [1.165, 1.54) is 0 Å². The van der Waals surface area contributed by atoms with Crippen LogP contribution in [-0.2, 0) is 4.79 Å². The molecule has 3 nitrogen and oxygen atoms in total. The third-order valence-corrected chi connectivity index (χ3v) is 5.74. The van der Waals surface area contributed by atoms with Gasteiger partial charge >= 0.3 is 0 Å². The van der Waals surface area contributed by atoms with Crippen molar-refractivity contribution in [1.29, 1.82) is 0 Å². The van der Waals surface area contributed by atoms with Crippen LogP contribution in [-0.4, -0.2) is 12.5 Å². The Balaban J connectivity index is 2.89. The molecule has 3 N–H and O–H groups in total. The number of hydrogen-bond acceptors (Lipinski definition) is 2. The first kappa shape index (κ1) is 15.9.